The molecule has 0 amide bonds. The topological polar surface area (TPSA) is 99.5 Å². The number of aliphatic carboxylic acids is 1. The van der Waals surface area contributed by atoms with Gasteiger partial charge in [0.2, 0.25) is 0 Å². The van der Waals surface area contributed by atoms with Crippen molar-refractivity contribution in [2.24, 2.45) is 0 Å². The smallest absolute Gasteiger partial charge is 0.356 e. The number of aromatic carboxylic acids is 1. The summed E-state index contributed by atoms with van der Waals surface area (Å²) >= 11 is 0. The number of nitrogens with one attached hydrogen (secondary N) is 1. The van der Waals surface area contributed by atoms with E-state index < -0.39 is 18.0 Å². The first-order valence-corrected chi connectivity index (χ1v) is 4.74. The van der Waals surface area contributed by atoms with Gasteiger partial charge in [0.15, 0.2) is 5.69 Å². The van der Waals surface area contributed by atoms with E-state index in [0.717, 1.165) is 0 Å². The molecule has 6 heteroatoms. The lowest BCUT2D eigenvalue weighted by Gasteiger charge is -2.14. The van der Waals surface area contributed by atoms with Gasteiger partial charge in [0.05, 0.1) is 5.69 Å². The summed E-state index contributed by atoms with van der Waals surface area (Å²) < 4.78 is 0. The largest absolute Gasteiger partial charge is 0.480 e. The van der Waals surface area contributed by atoms with Gasteiger partial charge >= 0.3 is 11.9 Å². The van der Waals surface area contributed by atoms with E-state index in [0.29, 0.717) is 6.42 Å². The minimum atomic E-state index is -1.19. The Kier molecular flexibility index (Phi) is 3.82. The van der Waals surface area contributed by atoms with Crippen LogP contribution >= 0.6 is 0 Å². The minimum absolute atomic E-state index is 0.179. The minimum Gasteiger partial charge on any atom is -0.480 e. The molecule has 1 aromatic rings. The van der Waals surface area contributed by atoms with Gasteiger partial charge in [-0.3, -0.25) is 0 Å². The molecular formula is C10H12N2O4. The standard InChI is InChI=1S/C10H12N2O4/c1-2-6(9(13)14)12-7-4-3-5-11-8(7)10(15)16/h3-6,12H,2H2,1H3,(H,13,14)(H,15,16). The summed E-state index contributed by atoms with van der Waals surface area (Å²) in [5.41, 5.74) is 0.0338. The quantitative estimate of drug-likeness (QED) is 0.691. The van der Waals surface area contributed by atoms with Crippen LogP contribution in [0.5, 0.6) is 0 Å². The predicted molar refractivity (Wildman–Crippen MR) is 56.5 cm³/mol. The Balaban J connectivity index is 2.95. The first-order chi connectivity index (χ1) is 7.56. The van der Waals surface area contributed by atoms with Crippen molar-refractivity contribution in [3.05, 3.63) is 24.0 Å². The highest BCUT2D eigenvalue weighted by atomic mass is 16.4. The number of carboxylic acids is 2. The van der Waals surface area contributed by atoms with E-state index in [2.05, 4.69) is 10.3 Å². The van der Waals surface area contributed by atoms with E-state index in [9.17, 15) is 9.59 Å². The van der Waals surface area contributed by atoms with Crippen molar-refractivity contribution in [1.82, 2.24) is 4.98 Å². The maximum atomic E-state index is 10.8. The number of rotatable bonds is 5. The van der Waals surface area contributed by atoms with Gasteiger partial charge in [0.1, 0.15) is 6.04 Å². The summed E-state index contributed by atoms with van der Waals surface area (Å²) in [7, 11) is 0. The molecular weight excluding hydrogens is 212 g/mol. The molecule has 0 aliphatic rings. The Morgan fingerprint density at radius 3 is 2.69 bits per heavy atom. The molecule has 0 aliphatic heterocycles. The average Bonchev–Trinajstić information content (AvgIpc) is 2.25. The highest BCUT2D eigenvalue weighted by molar-refractivity contribution is 5.92. The van der Waals surface area contributed by atoms with Gasteiger partial charge in [-0.1, -0.05) is 6.92 Å². The van der Waals surface area contributed by atoms with Crippen LogP contribution in [0.25, 0.3) is 0 Å². The molecule has 0 aliphatic carbocycles. The van der Waals surface area contributed by atoms with E-state index in [1.54, 1.807) is 13.0 Å². The molecule has 1 atom stereocenters. The molecule has 1 unspecified atom stereocenters. The zero-order valence-corrected chi connectivity index (χ0v) is 8.67. The van der Waals surface area contributed by atoms with Crippen molar-refractivity contribution in [2.45, 2.75) is 19.4 Å². The molecule has 1 heterocycles. The molecule has 6 nitrogen and oxygen atoms in total. The van der Waals surface area contributed by atoms with Gasteiger partial charge in [0, 0.05) is 6.20 Å². The number of aromatic nitrogens is 1. The van der Waals surface area contributed by atoms with Gasteiger partial charge in [-0.2, -0.15) is 0 Å². The molecule has 16 heavy (non-hydrogen) atoms. The summed E-state index contributed by atoms with van der Waals surface area (Å²) in [6.45, 7) is 1.70. The van der Waals surface area contributed by atoms with Crippen LogP contribution < -0.4 is 5.32 Å². The second-order valence-corrected chi connectivity index (χ2v) is 3.15. The number of carboxylic acid groups (broad SMARTS) is 2. The molecule has 0 radical (unpaired) electrons. The zero-order valence-electron chi connectivity index (χ0n) is 8.67. The molecule has 0 saturated carbocycles. The fourth-order valence-electron chi connectivity index (χ4n) is 1.22. The van der Waals surface area contributed by atoms with Crippen LogP contribution in [0.3, 0.4) is 0 Å². The lowest BCUT2D eigenvalue weighted by molar-refractivity contribution is -0.137. The van der Waals surface area contributed by atoms with Gasteiger partial charge in [-0.15, -0.1) is 0 Å². The summed E-state index contributed by atoms with van der Waals surface area (Å²) in [4.78, 5) is 25.3. The third-order valence-corrected chi connectivity index (χ3v) is 2.05. The van der Waals surface area contributed by atoms with E-state index >= 15 is 0 Å². The third-order valence-electron chi connectivity index (χ3n) is 2.05. The molecule has 0 bridgehead atoms. The molecule has 1 rings (SSSR count). The first kappa shape index (κ1) is 12.0. The van der Waals surface area contributed by atoms with Crippen molar-refractivity contribution < 1.29 is 19.8 Å². The number of carbonyl (C=O) groups is 2. The maximum Gasteiger partial charge on any atom is 0.356 e. The Labute approximate surface area is 91.9 Å². The molecule has 1 aromatic heterocycles. The van der Waals surface area contributed by atoms with Crippen LogP contribution in [0.15, 0.2) is 18.3 Å². The Morgan fingerprint density at radius 1 is 1.50 bits per heavy atom. The average molecular weight is 224 g/mol. The highest BCUT2D eigenvalue weighted by Gasteiger charge is 2.18. The van der Waals surface area contributed by atoms with Gasteiger partial charge in [-0.25, -0.2) is 14.6 Å². The highest BCUT2D eigenvalue weighted by Crippen LogP contribution is 2.14. The molecule has 0 spiro atoms. The third kappa shape index (κ3) is 2.69. The zero-order chi connectivity index (χ0) is 12.1. The summed E-state index contributed by atoms with van der Waals surface area (Å²) in [6.07, 6.45) is 1.69. The Hall–Kier alpha value is -2.11. The van der Waals surface area contributed by atoms with Crippen LogP contribution in [0.1, 0.15) is 23.8 Å². The number of hydrogen-bond acceptors (Lipinski definition) is 4. The monoisotopic (exact) mass is 224 g/mol. The van der Waals surface area contributed by atoms with Crippen molar-refractivity contribution >= 4 is 17.6 Å². The summed E-state index contributed by atoms with van der Waals surface area (Å²) in [6, 6.07) is 2.22. The van der Waals surface area contributed by atoms with Gasteiger partial charge in [0.25, 0.3) is 0 Å². The van der Waals surface area contributed by atoms with Crippen LogP contribution in [-0.4, -0.2) is 33.2 Å². The molecule has 0 fully saturated rings. The molecule has 86 valence electrons. The fraction of sp³-hybridized carbons (Fsp3) is 0.300. The summed E-state index contributed by atoms with van der Waals surface area (Å²) in [5, 5.41) is 20.3. The number of nitrogens with zero attached hydrogens (tertiary/aromatic N) is 1. The lowest BCUT2D eigenvalue weighted by Crippen LogP contribution is -2.29. The van der Waals surface area contributed by atoms with E-state index in [4.69, 9.17) is 10.2 Å². The Bertz CT molecular complexity index is 406. The van der Waals surface area contributed by atoms with E-state index in [1.807, 2.05) is 0 Å². The SMILES string of the molecule is CCC(Nc1cccnc1C(=O)O)C(=O)O. The molecule has 3 N–H and O–H groups in total. The predicted octanol–water partition coefficient (Wildman–Crippen LogP) is 1.05. The maximum absolute atomic E-state index is 10.8. The number of pyridine rings is 1. The van der Waals surface area contributed by atoms with Crippen LogP contribution in [0.4, 0.5) is 5.69 Å². The molecule has 0 saturated heterocycles. The van der Waals surface area contributed by atoms with Crippen molar-refractivity contribution in [3.8, 4) is 0 Å². The number of hydrogen-bond donors (Lipinski definition) is 3. The van der Waals surface area contributed by atoms with E-state index in [1.165, 1.54) is 12.3 Å². The lowest BCUT2D eigenvalue weighted by atomic mass is 10.2. The van der Waals surface area contributed by atoms with Crippen LogP contribution in [0, 0.1) is 0 Å². The fourth-order valence-corrected chi connectivity index (χ4v) is 1.22. The van der Waals surface area contributed by atoms with E-state index in [-0.39, 0.29) is 11.4 Å². The molecule has 0 aromatic carbocycles. The van der Waals surface area contributed by atoms with Crippen LogP contribution in [0.2, 0.25) is 0 Å². The van der Waals surface area contributed by atoms with Gasteiger partial charge < -0.3 is 15.5 Å². The number of anilines is 1. The first-order valence-electron chi connectivity index (χ1n) is 4.74. The second-order valence-electron chi connectivity index (χ2n) is 3.15. The van der Waals surface area contributed by atoms with Gasteiger partial charge in [-0.05, 0) is 18.6 Å². The van der Waals surface area contributed by atoms with Crippen molar-refractivity contribution in [3.63, 3.8) is 0 Å². The van der Waals surface area contributed by atoms with Crippen molar-refractivity contribution in [1.29, 1.82) is 0 Å². The Morgan fingerprint density at radius 2 is 2.19 bits per heavy atom. The normalized spacial score (nSPS) is 11.8. The van der Waals surface area contributed by atoms with Crippen LogP contribution in [-0.2, 0) is 4.79 Å². The second kappa shape index (κ2) is 5.11. The summed E-state index contributed by atoms with van der Waals surface area (Å²) in [5.74, 6) is -2.22. The van der Waals surface area contributed by atoms with Crippen molar-refractivity contribution in [2.75, 3.05) is 5.32 Å².